The van der Waals surface area contributed by atoms with Gasteiger partial charge in [-0.25, -0.2) is 4.79 Å². The molecule has 0 saturated carbocycles. The van der Waals surface area contributed by atoms with Gasteiger partial charge in [-0.1, -0.05) is 26.7 Å². The molecule has 0 aromatic heterocycles. The molecule has 1 aliphatic rings. The summed E-state index contributed by atoms with van der Waals surface area (Å²) >= 11 is 0. The van der Waals surface area contributed by atoms with Gasteiger partial charge in [-0.15, -0.1) is 0 Å². The van der Waals surface area contributed by atoms with Crippen LogP contribution in [0.3, 0.4) is 0 Å². The van der Waals surface area contributed by atoms with Crippen molar-refractivity contribution in [3.05, 3.63) is 0 Å². The van der Waals surface area contributed by atoms with Crippen LogP contribution >= 0.6 is 0 Å². The molecular weight excluding hydrogens is 230 g/mol. The number of piperidine rings is 1. The van der Waals surface area contributed by atoms with E-state index in [1.807, 2.05) is 0 Å². The van der Waals surface area contributed by atoms with Crippen molar-refractivity contribution < 1.29 is 14.7 Å². The summed E-state index contributed by atoms with van der Waals surface area (Å²) in [4.78, 5) is 25.3. The van der Waals surface area contributed by atoms with Gasteiger partial charge in [-0.3, -0.25) is 4.79 Å². The van der Waals surface area contributed by atoms with Crippen LogP contribution in [0, 0.1) is 5.92 Å². The van der Waals surface area contributed by atoms with Gasteiger partial charge in [-0.05, 0) is 32.1 Å². The molecule has 1 heterocycles. The minimum absolute atomic E-state index is 0.0138. The fraction of sp³-hybridized carbons (Fsp3) is 0.857. The Labute approximate surface area is 109 Å². The molecule has 0 aliphatic carbocycles. The lowest BCUT2D eigenvalue weighted by Gasteiger charge is -2.35. The minimum atomic E-state index is -0.852. The van der Waals surface area contributed by atoms with Crippen molar-refractivity contribution in [1.29, 1.82) is 0 Å². The fourth-order valence-electron chi connectivity index (χ4n) is 2.77. The van der Waals surface area contributed by atoms with Crippen molar-refractivity contribution in [2.24, 2.45) is 5.92 Å². The molecule has 0 unspecified atom stereocenters. The van der Waals surface area contributed by atoms with Crippen LogP contribution < -0.4 is 0 Å². The van der Waals surface area contributed by atoms with Crippen molar-refractivity contribution in [1.82, 2.24) is 4.90 Å². The van der Waals surface area contributed by atoms with E-state index >= 15 is 0 Å². The molecular formula is C14H25NO3. The average Bonchev–Trinajstić information content (AvgIpc) is 2.37. The highest BCUT2D eigenvalue weighted by molar-refractivity contribution is 5.85. The maximum absolute atomic E-state index is 12.5. The van der Waals surface area contributed by atoms with E-state index in [4.69, 9.17) is 0 Å². The van der Waals surface area contributed by atoms with Gasteiger partial charge < -0.3 is 10.0 Å². The highest BCUT2D eigenvalue weighted by Crippen LogP contribution is 2.23. The quantitative estimate of drug-likeness (QED) is 0.793. The monoisotopic (exact) mass is 255 g/mol. The van der Waals surface area contributed by atoms with Crippen molar-refractivity contribution >= 4 is 11.9 Å². The van der Waals surface area contributed by atoms with Crippen LogP contribution in [0.4, 0.5) is 0 Å². The third kappa shape index (κ3) is 3.72. The van der Waals surface area contributed by atoms with Crippen molar-refractivity contribution in [3.63, 3.8) is 0 Å². The van der Waals surface area contributed by atoms with Crippen LogP contribution in [0.2, 0.25) is 0 Å². The molecule has 0 bridgehead atoms. The summed E-state index contributed by atoms with van der Waals surface area (Å²) in [6.45, 7) is 4.75. The van der Waals surface area contributed by atoms with Gasteiger partial charge >= 0.3 is 5.97 Å². The summed E-state index contributed by atoms with van der Waals surface area (Å²) in [5.41, 5.74) is 0. The molecule has 4 heteroatoms. The Morgan fingerprint density at radius 1 is 1.22 bits per heavy atom. The van der Waals surface area contributed by atoms with E-state index in [2.05, 4.69) is 13.8 Å². The molecule has 1 rings (SSSR count). The van der Waals surface area contributed by atoms with E-state index in [0.29, 0.717) is 13.0 Å². The summed E-state index contributed by atoms with van der Waals surface area (Å²) in [6.07, 6.45) is 6.13. The van der Waals surface area contributed by atoms with Gasteiger partial charge in [0.1, 0.15) is 6.04 Å². The number of amides is 1. The molecule has 1 N–H and O–H groups in total. The number of hydrogen-bond acceptors (Lipinski definition) is 2. The van der Waals surface area contributed by atoms with Gasteiger partial charge in [0.15, 0.2) is 0 Å². The first kappa shape index (κ1) is 15.0. The second kappa shape index (κ2) is 7.39. The molecule has 1 atom stereocenters. The molecule has 1 saturated heterocycles. The standard InChI is InChI=1S/C14H25NO3/c1-3-7-11(8-4-2)13(16)15-10-6-5-9-12(15)14(17)18/h11-12H,3-10H2,1-2H3,(H,17,18)/t12-/m1/s1. The molecule has 0 aromatic rings. The summed E-state index contributed by atoms with van der Waals surface area (Å²) in [5, 5.41) is 9.21. The molecule has 1 fully saturated rings. The van der Waals surface area contributed by atoms with Crippen LogP contribution in [0.15, 0.2) is 0 Å². The number of hydrogen-bond donors (Lipinski definition) is 1. The highest BCUT2D eigenvalue weighted by Gasteiger charge is 2.34. The number of rotatable bonds is 6. The first-order chi connectivity index (χ1) is 8.61. The van der Waals surface area contributed by atoms with E-state index in [-0.39, 0.29) is 11.8 Å². The summed E-state index contributed by atoms with van der Waals surface area (Å²) in [7, 11) is 0. The Hall–Kier alpha value is -1.06. The van der Waals surface area contributed by atoms with Crippen LogP contribution in [-0.4, -0.2) is 34.5 Å². The Balaban J connectivity index is 2.73. The first-order valence-corrected chi connectivity index (χ1v) is 7.15. The zero-order valence-electron chi connectivity index (χ0n) is 11.5. The lowest BCUT2D eigenvalue weighted by molar-refractivity contribution is -0.154. The number of aliphatic carboxylic acids is 1. The third-order valence-corrected chi connectivity index (χ3v) is 3.69. The number of carbonyl (C=O) groups excluding carboxylic acids is 1. The zero-order valence-corrected chi connectivity index (χ0v) is 11.5. The van der Waals surface area contributed by atoms with E-state index < -0.39 is 12.0 Å². The molecule has 0 aromatic carbocycles. The van der Waals surface area contributed by atoms with Crippen molar-refractivity contribution in [2.75, 3.05) is 6.54 Å². The molecule has 18 heavy (non-hydrogen) atoms. The largest absolute Gasteiger partial charge is 0.480 e. The predicted molar refractivity (Wildman–Crippen MR) is 70.3 cm³/mol. The first-order valence-electron chi connectivity index (χ1n) is 7.15. The Morgan fingerprint density at radius 2 is 1.83 bits per heavy atom. The lowest BCUT2D eigenvalue weighted by atomic mass is 9.93. The number of carboxylic acid groups (broad SMARTS) is 1. The van der Waals surface area contributed by atoms with Crippen molar-refractivity contribution in [3.8, 4) is 0 Å². The van der Waals surface area contributed by atoms with Gasteiger partial charge in [0.25, 0.3) is 0 Å². The average molecular weight is 255 g/mol. The predicted octanol–water partition coefficient (Wildman–Crippen LogP) is 2.67. The zero-order chi connectivity index (χ0) is 13.5. The van der Waals surface area contributed by atoms with Gasteiger partial charge in [-0.2, -0.15) is 0 Å². The summed E-state index contributed by atoms with van der Waals surface area (Å²) in [5.74, 6) is -0.777. The number of carbonyl (C=O) groups is 2. The van der Waals surface area contributed by atoms with Gasteiger partial charge in [0, 0.05) is 12.5 Å². The lowest BCUT2D eigenvalue weighted by Crippen LogP contribution is -2.50. The maximum atomic E-state index is 12.5. The highest BCUT2D eigenvalue weighted by atomic mass is 16.4. The third-order valence-electron chi connectivity index (χ3n) is 3.69. The normalized spacial score (nSPS) is 20.2. The van der Waals surface area contributed by atoms with E-state index in [9.17, 15) is 14.7 Å². The van der Waals surface area contributed by atoms with E-state index in [1.165, 1.54) is 0 Å². The molecule has 0 spiro atoms. The van der Waals surface area contributed by atoms with E-state index in [1.54, 1.807) is 4.90 Å². The fourth-order valence-corrected chi connectivity index (χ4v) is 2.77. The summed E-state index contributed by atoms with van der Waals surface area (Å²) < 4.78 is 0. The minimum Gasteiger partial charge on any atom is -0.480 e. The molecule has 0 radical (unpaired) electrons. The molecule has 104 valence electrons. The SMILES string of the molecule is CCCC(CCC)C(=O)N1CCCC[C@@H]1C(=O)O. The smallest absolute Gasteiger partial charge is 0.326 e. The van der Waals surface area contributed by atoms with Crippen LogP contribution in [0.1, 0.15) is 58.8 Å². The second-order valence-corrected chi connectivity index (χ2v) is 5.16. The van der Waals surface area contributed by atoms with Crippen molar-refractivity contribution in [2.45, 2.75) is 64.8 Å². The van der Waals surface area contributed by atoms with Crippen LogP contribution in [0.25, 0.3) is 0 Å². The Morgan fingerprint density at radius 3 is 2.33 bits per heavy atom. The van der Waals surface area contributed by atoms with Crippen LogP contribution in [0.5, 0.6) is 0 Å². The number of carboxylic acids is 1. The second-order valence-electron chi connectivity index (χ2n) is 5.16. The van der Waals surface area contributed by atoms with Gasteiger partial charge in [0.05, 0.1) is 0 Å². The molecule has 4 nitrogen and oxygen atoms in total. The molecule has 1 aliphatic heterocycles. The maximum Gasteiger partial charge on any atom is 0.326 e. The Kier molecular flexibility index (Phi) is 6.16. The summed E-state index contributed by atoms with van der Waals surface area (Å²) in [6, 6.07) is -0.595. The topological polar surface area (TPSA) is 57.6 Å². The number of nitrogens with zero attached hydrogens (tertiary/aromatic N) is 1. The Bertz CT molecular complexity index is 285. The van der Waals surface area contributed by atoms with Gasteiger partial charge in [0.2, 0.25) is 5.91 Å². The molecule has 1 amide bonds. The number of likely N-dealkylation sites (tertiary alicyclic amines) is 1. The van der Waals surface area contributed by atoms with E-state index in [0.717, 1.165) is 38.5 Å². The van der Waals surface area contributed by atoms with Crippen LogP contribution in [-0.2, 0) is 9.59 Å².